The summed E-state index contributed by atoms with van der Waals surface area (Å²) >= 11 is 5.99. The van der Waals surface area contributed by atoms with Gasteiger partial charge in [0.05, 0.1) is 20.3 Å². The van der Waals surface area contributed by atoms with Crippen LogP contribution in [-0.4, -0.2) is 7.11 Å². The van der Waals surface area contributed by atoms with Crippen LogP contribution < -0.4 is 4.74 Å². The van der Waals surface area contributed by atoms with Gasteiger partial charge in [-0.1, -0.05) is 35.9 Å². The molecular formula is C16H17ClO2. The molecule has 0 heterocycles. The third kappa shape index (κ3) is 3.98. The van der Waals surface area contributed by atoms with E-state index in [1.54, 1.807) is 7.11 Å². The van der Waals surface area contributed by atoms with Crippen molar-refractivity contribution >= 4 is 11.6 Å². The highest BCUT2D eigenvalue weighted by Crippen LogP contribution is 2.17. The average Bonchev–Trinajstić information content (AvgIpc) is 2.43. The van der Waals surface area contributed by atoms with Gasteiger partial charge in [-0.3, -0.25) is 0 Å². The molecule has 2 aromatic rings. The van der Waals surface area contributed by atoms with E-state index < -0.39 is 0 Å². The molecule has 0 aliphatic rings. The Morgan fingerprint density at radius 1 is 0.947 bits per heavy atom. The van der Waals surface area contributed by atoms with Crippen LogP contribution in [0.3, 0.4) is 0 Å². The number of rotatable bonds is 5. The zero-order valence-electron chi connectivity index (χ0n) is 11.2. The largest absolute Gasteiger partial charge is 0.497 e. The van der Waals surface area contributed by atoms with Gasteiger partial charge in [0.25, 0.3) is 0 Å². The van der Waals surface area contributed by atoms with E-state index >= 15 is 0 Å². The van der Waals surface area contributed by atoms with Gasteiger partial charge in [0.2, 0.25) is 0 Å². The molecule has 0 aliphatic carbocycles. The molecular weight excluding hydrogens is 260 g/mol. The molecule has 0 aliphatic heterocycles. The van der Waals surface area contributed by atoms with Crippen LogP contribution in [0.2, 0.25) is 5.02 Å². The number of aryl methyl sites for hydroxylation is 1. The Balaban J connectivity index is 1.86. The molecule has 0 unspecified atom stereocenters. The molecule has 0 saturated heterocycles. The quantitative estimate of drug-likeness (QED) is 0.807. The highest BCUT2D eigenvalue weighted by molar-refractivity contribution is 6.31. The number of hydrogen-bond acceptors (Lipinski definition) is 2. The summed E-state index contributed by atoms with van der Waals surface area (Å²) in [5.41, 5.74) is 3.34. The number of hydrogen-bond donors (Lipinski definition) is 0. The first-order valence-electron chi connectivity index (χ1n) is 6.15. The van der Waals surface area contributed by atoms with Crippen LogP contribution in [0.15, 0.2) is 42.5 Å². The molecule has 3 heteroatoms. The van der Waals surface area contributed by atoms with E-state index in [-0.39, 0.29) is 0 Å². The molecule has 2 nitrogen and oxygen atoms in total. The molecule has 0 bridgehead atoms. The van der Waals surface area contributed by atoms with E-state index in [0.717, 1.165) is 27.5 Å². The lowest BCUT2D eigenvalue weighted by Crippen LogP contribution is -1.95. The summed E-state index contributed by atoms with van der Waals surface area (Å²) in [6, 6.07) is 13.8. The van der Waals surface area contributed by atoms with Gasteiger partial charge < -0.3 is 9.47 Å². The summed E-state index contributed by atoms with van der Waals surface area (Å²) in [5.74, 6) is 0.858. The number of halogens is 1. The van der Waals surface area contributed by atoms with E-state index in [1.165, 1.54) is 0 Å². The number of benzene rings is 2. The minimum Gasteiger partial charge on any atom is -0.497 e. The Bertz CT molecular complexity index is 535. The van der Waals surface area contributed by atoms with Gasteiger partial charge in [0.1, 0.15) is 5.75 Å². The molecule has 2 aromatic carbocycles. The van der Waals surface area contributed by atoms with Gasteiger partial charge in [0, 0.05) is 5.02 Å². The Morgan fingerprint density at radius 2 is 1.58 bits per heavy atom. The summed E-state index contributed by atoms with van der Waals surface area (Å²) in [6.45, 7) is 3.17. The minimum absolute atomic E-state index is 0.587. The first kappa shape index (κ1) is 13.9. The van der Waals surface area contributed by atoms with Crippen molar-refractivity contribution in [2.24, 2.45) is 0 Å². The average molecular weight is 277 g/mol. The van der Waals surface area contributed by atoms with Crippen molar-refractivity contribution in [1.82, 2.24) is 0 Å². The lowest BCUT2D eigenvalue weighted by atomic mass is 10.1. The first-order valence-corrected chi connectivity index (χ1v) is 6.52. The molecule has 0 fully saturated rings. The normalized spacial score (nSPS) is 10.5. The van der Waals surface area contributed by atoms with E-state index in [0.29, 0.717) is 13.2 Å². The molecule has 0 N–H and O–H groups in total. The zero-order chi connectivity index (χ0) is 13.7. The third-order valence-electron chi connectivity index (χ3n) is 2.92. The standard InChI is InChI=1S/C16H17ClO2/c1-12-9-14(5-8-16(12)17)11-19-10-13-3-6-15(18-2)7-4-13/h3-9H,10-11H2,1-2H3. The number of ether oxygens (including phenoxy) is 2. The van der Waals surface area contributed by atoms with Crippen LogP contribution >= 0.6 is 11.6 Å². The SMILES string of the molecule is COc1ccc(COCc2ccc(Cl)c(C)c2)cc1. The van der Waals surface area contributed by atoms with Crippen molar-refractivity contribution in [2.75, 3.05) is 7.11 Å². The Morgan fingerprint density at radius 3 is 2.21 bits per heavy atom. The van der Waals surface area contributed by atoms with Crippen molar-refractivity contribution in [3.8, 4) is 5.75 Å². The summed E-state index contributed by atoms with van der Waals surface area (Å²) in [4.78, 5) is 0. The van der Waals surface area contributed by atoms with Gasteiger partial charge in [-0.15, -0.1) is 0 Å². The van der Waals surface area contributed by atoms with Crippen molar-refractivity contribution in [1.29, 1.82) is 0 Å². The summed E-state index contributed by atoms with van der Waals surface area (Å²) in [6.07, 6.45) is 0. The molecule has 0 spiro atoms. The van der Waals surface area contributed by atoms with Crippen LogP contribution in [0, 0.1) is 6.92 Å². The van der Waals surface area contributed by atoms with Crippen molar-refractivity contribution in [2.45, 2.75) is 20.1 Å². The minimum atomic E-state index is 0.587. The highest BCUT2D eigenvalue weighted by atomic mass is 35.5. The molecule has 0 radical (unpaired) electrons. The van der Waals surface area contributed by atoms with Crippen molar-refractivity contribution in [3.63, 3.8) is 0 Å². The predicted molar refractivity (Wildman–Crippen MR) is 77.7 cm³/mol. The monoisotopic (exact) mass is 276 g/mol. The fraction of sp³-hybridized carbons (Fsp3) is 0.250. The van der Waals surface area contributed by atoms with Crippen LogP contribution in [0.25, 0.3) is 0 Å². The van der Waals surface area contributed by atoms with Crippen LogP contribution in [0.1, 0.15) is 16.7 Å². The second-order valence-electron chi connectivity index (χ2n) is 4.42. The second-order valence-corrected chi connectivity index (χ2v) is 4.83. The van der Waals surface area contributed by atoms with Crippen molar-refractivity contribution < 1.29 is 9.47 Å². The molecule has 0 saturated carbocycles. The molecule has 100 valence electrons. The zero-order valence-corrected chi connectivity index (χ0v) is 11.9. The van der Waals surface area contributed by atoms with Gasteiger partial charge in [-0.2, -0.15) is 0 Å². The third-order valence-corrected chi connectivity index (χ3v) is 3.34. The maximum Gasteiger partial charge on any atom is 0.118 e. The first-order chi connectivity index (χ1) is 9.19. The predicted octanol–water partition coefficient (Wildman–Crippen LogP) is 4.37. The van der Waals surface area contributed by atoms with Crippen LogP contribution in [0.5, 0.6) is 5.75 Å². The van der Waals surface area contributed by atoms with Crippen molar-refractivity contribution in [3.05, 3.63) is 64.2 Å². The Labute approximate surface area is 118 Å². The fourth-order valence-electron chi connectivity index (χ4n) is 1.81. The molecule has 0 atom stereocenters. The van der Waals surface area contributed by atoms with E-state index in [4.69, 9.17) is 21.1 Å². The van der Waals surface area contributed by atoms with Crippen LogP contribution in [-0.2, 0) is 18.0 Å². The summed E-state index contributed by atoms with van der Waals surface area (Å²) < 4.78 is 10.8. The maximum absolute atomic E-state index is 5.99. The van der Waals surface area contributed by atoms with E-state index in [9.17, 15) is 0 Å². The van der Waals surface area contributed by atoms with E-state index in [1.807, 2.05) is 43.3 Å². The molecule has 19 heavy (non-hydrogen) atoms. The molecule has 2 rings (SSSR count). The van der Waals surface area contributed by atoms with Gasteiger partial charge in [-0.05, 0) is 41.8 Å². The van der Waals surface area contributed by atoms with E-state index in [2.05, 4.69) is 6.07 Å². The Kier molecular flexibility index (Phi) is 4.83. The Hall–Kier alpha value is -1.51. The lowest BCUT2D eigenvalue weighted by Gasteiger charge is -2.07. The topological polar surface area (TPSA) is 18.5 Å². The highest BCUT2D eigenvalue weighted by Gasteiger charge is 1.99. The summed E-state index contributed by atoms with van der Waals surface area (Å²) in [5, 5.41) is 0.791. The van der Waals surface area contributed by atoms with Gasteiger partial charge in [-0.25, -0.2) is 0 Å². The van der Waals surface area contributed by atoms with Gasteiger partial charge >= 0.3 is 0 Å². The second kappa shape index (κ2) is 6.60. The fourth-order valence-corrected chi connectivity index (χ4v) is 1.92. The maximum atomic E-state index is 5.99. The number of methoxy groups -OCH3 is 1. The van der Waals surface area contributed by atoms with Gasteiger partial charge in [0.15, 0.2) is 0 Å². The summed E-state index contributed by atoms with van der Waals surface area (Å²) in [7, 11) is 1.66. The smallest absolute Gasteiger partial charge is 0.118 e. The van der Waals surface area contributed by atoms with Crippen LogP contribution in [0.4, 0.5) is 0 Å². The lowest BCUT2D eigenvalue weighted by molar-refractivity contribution is 0.107. The molecule has 0 amide bonds. The molecule has 0 aromatic heterocycles.